The second-order valence-electron chi connectivity index (χ2n) is 5.66. The second kappa shape index (κ2) is 7.40. The van der Waals surface area contributed by atoms with E-state index in [1.807, 2.05) is 31.2 Å². The fourth-order valence-corrected chi connectivity index (χ4v) is 2.90. The fourth-order valence-electron chi connectivity index (χ4n) is 2.71. The topological polar surface area (TPSA) is 65.2 Å². The monoisotopic (exact) mass is 355 g/mol. The Morgan fingerprint density at radius 1 is 1.16 bits per heavy atom. The lowest BCUT2D eigenvalue weighted by atomic mass is 10.1. The van der Waals surface area contributed by atoms with Crippen LogP contribution in [0.3, 0.4) is 0 Å². The molecule has 1 aromatic heterocycles. The SMILES string of the molecule is CCN(Cc1cc(=O)[nH]c2ccccc12)C(=O)Nc1cccc(Cl)c1. The molecule has 0 spiro atoms. The number of H-pyrrole nitrogens is 1. The van der Waals surface area contributed by atoms with Gasteiger partial charge >= 0.3 is 6.03 Å². The minimum atomic E-state index is -0.242. The van der Waals surface area contributed by atoms with Crippen molar-refractivity contribution < 1.29 is 4.79 Å². The minimum absolute atomic E-state index is 0.181. The van der Waals surface area contributed by atoms with E-state index >= 15 is 0 Å². The zero-order valence-electron chi connectivity index (χ0n) is 13.8. The van der Waals surface area contributed by atoms with Crippen molar-refractivity contribution in [2.45, 2.75) is 13.5 Å². The number of aromatic amines is 1. The van der Waals surface area contributed by atoms with E-state index in [4.69, 9.17) is 11.6 Å². The van der Waals surface area contributed by atoms with Gasteiger partial charge in [-0.2, -0.15) is 0 Å². The van der Waals surface area contributed by atoms with Gasteiger partial charge in [-0.15, -0.1) is 0 Å². The first-order valence-corrected chi connectivity index (χ1v) is 8.37. The maximum Gasteiger partial charge on any atom is 0.322 e. The molecule has 0 saturated carbocycles. The van der Waals surface area contributed by atoms with Gasteiger partial charge in [-0.05, 0) is 36.8 Å². The molecule has 2 N–H and O–H groups in total. The molecule has 2 aromatic carbocycles. The van der Waals surface area contributed by atoms with Gasteiger partial charge < -0.3 is 15.2 Å². The van der Waals surface area contributed by atoms with Crippen LogP contribution in [0.4, 0.5) is 10.5 Å². The molecule has 1 heterocycles. The van der Waals surface area contributed by atoms with E-state index in [0.717, 1.165) is 16.5 Å². The fraction of sp³-hybridized carbons (Fsp3) is 0.158. The minimum Gasteiger partial charge on any atom is -0.322 e. The zero-order chi connectivity index (χ0) is 17.8. The Bertz CT molecular complexity index is 968. The predicted octanol–water partition coefficient (Wildman–Crippen LogP) is 4.24. The number of hydrogen-bond acceptors (Lipinski definition) is 2. The summed E-state index contributed by atoms with van der Waals surface area (Å²) in [5, 5.41) is 4.32. The van der Waals surface area contributed by atoms with Gasteiger partial charge in [0, 0.05) is 40.8 Å². The zero-order valence-corrected chi connectivity index (χ0v) is 14.5. The van der Waals surface area contributed by atoms with Gasteiger partial charge in [0.1, 0.15) is 0 Å². The van der Waals surface area contributed by atoms with E-state index in [1.165, 1.54) is 6.07 Å². The number of amides is 2. The molecule has 2 amide bonds. The number of pyridine rings is 1. The summed E-state index contributed by atoms with van der Waals surface area (Å²) >= 11 is 5.95. The third-order valence-corrected chi connectivity index (χ3v) is 4.18. The number of nitrogens with zero attached hydrogens (tertiary/aromatic N) is 1. The summed E-state index contributed by atoms with van der Waals surface area (Å²) in [5.41, 5.74) is 2.02. The molecule has 0 aliphatic carbocycles. The molecule has 3 aromatic rings. The maximum absolute atomic E-state index is 12.6. The summed E-state index contributed by atoms with van der Waals surface area (Å²) in [6.45, 7) is 2.74. The summed E-state index contributed by atoms with van der Waals surface area (Å²) in [5.74, 6) is 0. The normalized spacial score (nSPS) is 10.6. The maximum atomic E-state index is 12.6. The average Bonchev–Trinajstić information content (AvgIpc) is 2.59. The van der Waals surface area contributed by atoms with Crippen molar-refractivity contribution in [2.75, 3.05) is 11.9 Å². The quantitative estimate of drug-likeness (QED) is 0.735. The molecule has 0 fully saturated rings. The molecule has 0 unspecified atom stereocenters. The van der Waals surface area contributed by atoms with Gasteiger partial charge in [-0.3, -0.25) is 4.79 Å². The smallest absolute Gasteiger partial charge is 0.322 e. The molecule has 0 aliphatic rings. The molecular formula is C19H18ClN3O2. The van der Waals surface area contributed by atoms with Crippen LogP contribution in [0.25, 0.3) is 10.9 Å². The standard InChI is InChI=1S/C19H18ClN3O2/c1-2-23(19(25)21-15-7-5-6-14(20)11-15)12-13-10-18(24)22-17-9-4-3-8-16(13)17/h3-11H,2,12H2,1H3,(H,21,25)(H,22,24). The number of hydrogen-bond donors (Lipinski definition) is 2. The number of carbonyl (C=O) groups excluding carboxylic acids is 1. The Labute approximate surface area is 150 Å². The highest BCUT2D eigenvalue weighted by Gasteiger charge is 2.14. The third-order valence-electron chi connectivity index (χ3n) is 3.94. The summed E-state index contributed by atoms with van der Waals surface area (Å²) < 4.78 is 0. The van der Waals surface area contributed by atoms with Crippen molar-refractivity contribution in [1.29, 1.82) is 0 Å². The van der Waals surface area contributed by atoms with Crippen LogP contribution in [0, 0.1) is 0 Å². The molecule has 0 atom stereocenters. The Hall–Kier alpha value is -2.79. The molecule has 128 valence electrons. The molecule has 3 rings (SSSR count). The van der Waals surface area contributed by atoms with Crippen molar-refractivity contribution in [3.8, 4) is 0 Å². The summed E-state index contributed by atoms with van der Waals surface area (Å²) in [6.07, 6.45) is 0. The first kappa shape index (κ1) is 17.0. The highest BCUT2D eigenvalue weighted by Crippen LogP contribution is 2.18. The number of anilines is 1. The van der Waals surface area contributed by atoms with Crippen LogP contribution in [0.2, 0.25) is 5.02 Å². The van der Waals surface area contributed by atoms with Crippen molar-refractivity contribution >= 4 is 34.2 Å². The predicted molar refractivity (Wildman–Crippen MR) is 101 cm³/mol. The van der Waals surface area contributed by atoms with Crippen LogP contribution in [0.15, 0.2) is 59.4 Å². The first-order valence-electron chi connectivity index (χ1n) is 7.99. The van der Waals surface area contributed by atoms with Gasteiger partial charge in [-0.25, -0.2) is 4.79 Å². The number of carbonyl (C=O) groups is 1. The highest BCUT2D eigenvalue weighted by atomic mass is 35.5. The van der Waals surface area contributed by atoms with Crippen molar-refractivity contribution in [3.63, 3.8) is 0 Å². The Morgan fingerprint density at radius 3 is 2.72 bits per heavy atom. The van der Waals surface area contributed by atoms with Crippen molar-refractivity contribution in [2.24, 2.45) is 0 Å². The Morgan fingerprint density at radius 2 is 1.96 bits per heavy atom. The summed E-state index contributed by atoms with van der Waals surface area (Å²) in [6, 6.07) is 15.8. The number of aromatic nitrogens is 1. The van der Waals surface area contributed by atoms with Crippen LogP contribution >= 0.6 is 11.6 Å². The molecular weight excluding hydrogens is 338 g/mol. The molecule has 0 aliphatic heterocycles. The van der Waals surface area contributed by atoms with Crippen molar-refractivity contribution in [1.82, 2.24) is 9.88 Å². The van der Waals surface area contributed by atoms with Gasteiger partial charge in [-0.1, -0.05) is 35.9 Å². The lowest BCUT2D eigenvalue weighted by molar-refractivity contribution is 0.212. The van der Waals surface area contributed by atoms with Gasteiger partial charge in [0.15, 0.2) is 0 Å². The molecule has 25 heavy (non-hydrogen) atoms. The van der Waals surface area contributed by atoms with E-state index < -0.39 is 0 Å². The van der Waals surface area contributed by atoms with E-state index in [2.05, 4.69) is 10.3 Å². The van der Waals surface area contributed by atoms with Crippen LogP contribution in [-0.4, -0.2) is 22.5 Å². The lowest BCUT2D eigenvalue weighted by Gasteiger charge is -2.22. The number of halogens is 1. The number of rotatable bonds is 4. The second-order valence-corrected chi connectivity index (χ2v) is 6.10. The molecule has 6 heteroatoms. The van der Waals surface area contributed by atoms with Crippen molar-refractivity contribution in [3.05, 3.63) is 75.5 Å². The van der Waals surface area contributed by atoms with E-state index in [0.29, 0.717) is 23.8 Å². The first-order chi connectivity index (χ1) is 12.1. The van der Waals surface area contributed by atoms with Crippen LogP contribution in [-0.2, 0) is 6.54 Å². The number of fused-ring (bicyclic) bond motifs is 1. The van der Waals surface area contributed by atoms with Gasteiger partial charge in [0.05, 0.1) is 0 Å². The van der Waals surface area contributed by atoms with Crippen LogP contribution in [0.5, 0.6) is 0 Å². The molecule has 0 saturated heterocycles. The van der Waals surface area contributed by atoms with Gasteiger partial charge in [0.25, 0.3) is 0 Å². The number of nitrogens with one attached hydrogen (secondary N) is 2. The van der Waals surface area contributed by atoms with Crippen LogP contribution < -0.4 is 10.9 Å². The molecule has 0 radical (unpaired) electrons. The number of urea groups is 1. The summed E-state index contributed by atoms with van der Waals surface area (Å²) in [4.78, 5) is 28.9. The largest absolute Gasteiger partial charge is 0.322 e. The van der Waals surface area contributed by atoms with Crippen LogP contribution in [0.1, 0.15) is 12.5 Å². The number of benzene rings is 2. The summed E-state index contributed by atoms with van der Waals surface area (Å²) in [7, 11) is 0. The average molecular weight is 356 g/mol. The molecule has 5 nitrogen and oxygen atoms in total. The molecule has 0 bridgehead atoms. The lowest BCUT2D eigenvalue weighted by Crippen LogP contribution is -2.34. The van der Waals surface area contributed by atoms with Gasteiger partial charge in [0.2, 0.25) is 5.56 Å². The Balaban J connectivity index is 1.85. The van der Waals surface area contributed by atoms with E-state index in [-0.39, 0.29) is 11.6 Å². The van der Waals surface area contributed by atoms with E-state index in [1.54, 1.807) is 29.2 Å². The third kappa shape index (κ3) is 4.00. The Kier molecular flexibility index (Phi) is 5.05. The van der Waals surface area contributed by atoms with E-state index in [9.17, 15) is 9.59 Å². The highest BCUT2D eigenvalue weighted by molar-refractivity contribution is 6.30. The number of para-hydroxylation sites is 1.